The van der Waals surface area contributed by atoms with Crippen LogP contribution in [0.1, 0.15) is 11.4 Å². The number of nitrogens with one attached hydrogen (secondary N) is 1. The van der Waals surface area contributed by atoms with E-state index in [4.69, 9.17) is 4.74 Å². The summed E-state index contributed by atoms with van der Waals surface area (Å²) in [4.78, 5) is 7.39. The predicted molar refractivity (Wildman–Crippen MR) is 84.1 cm³/mol. The number of benzene rings is 2. The number of ether oxygens (including phenoxy) is 1. The second kappa shape index (κ2) is 5.62. The average molecular weight is 291 g/mol. The summed E-state index contributed by atoms with van der Waals surface area (Å²) in [6, 6.07) is 16.3. The van der Waals surface area contributed by atoms with Crippen molar-refractivity contribution in [3.8, 4) is 11.8 Å². The van der Waals surface area contributed by atoms with Gasteiger partial charge in [-0.2, -0.15) is 5.26 Å². The molecule has 5 heteroatoms. The zero-order valence-corrected chi connectivity index (χ0v) is 11.9. The second-order valence-electron chi connectivity index (χ2n) is 4.67. The highest BCUT2D eigenvalue weighted by Crippen LogP contribution is 2.25. The molecule has 2 aromatic carbocycles. The molecule has 3 rings (SSSR count). The van der Waals surface area contributed by atoms with E-state index in [2.05, 4.69) is 9.97 Å². The summed E-state index contributed by atoms with van der Waals surface area (Å²) < 4.78 is 5.08. The SMILES string of the molecule is COc1ccc(C(O)=C(C#N)c2nc3ccccc3[nH]2)cc1. The van der Waals surface area contributed by atoms with Crippen LogP contribution in [0.2, 0.25) is 0 Å². The topological polar surface area (TPSA) is 81.9 Å². The van der Waals surface area contributed by atoms with Gasteiger partial charge in [0.1, 0.15) is 23.2 Å². The Morgan fingerprint density at radius 3 is 2.55 bits per heavy atom. The quantitative estimate of drug-likeness (QED) is 0.571. The fourth-order valence-electron chi connectivity index (χ4n) is 2.18. The van der Waals surface area contributed by atoms with Crippen LogP contribution in [0.4, 0.5) is 0 Å². The number of aromatic amines is 1. The first-order chi connectivity index (χ1) is 10.7. The van der Waals surface area contributed by atoms with E-state index in [0.29, 0.717) is 17.1 Å². The number of aliphatic hydroxyl groups is 1. The molecular formula is C17H13N3O2. The lowest BCUT2D eigenvalue weighted by Gasteiger charge is -2.04. The number of nitrogens with zero attached hydrogens (tertiary/aromatic N) is 2. The molecule has 0 fully saturated rings. The number of nitriles is 1. The van der Waals surface area contributed by atoms with Gasteiger partial charge < -0.3 is 14.8 Å². The molecule has 108 valence electrons. The molecule has 0 bridgehead atoms. The van der Waals surface area contributed by atoms with E-state index in [0.717, 1.165) is 11.0 Å². The minimum absolute atomic E-state index is 0.0985. The first-order valence-electron chi connectivity index (χ1n) is 6.66. The van der Waals surface area contributed by atoms with Crippen LogP contribution >= 0.6 is 0 Å². The molecule has 5 nitrogen and oxygen atoms in total. The van der Waals surface area contributed by atoms with Crippen LogP contribution in [0.3, 0.4) is 0 Å². The molecule has 0 radical (unpaired) electrons. The third kappa shape index (κ3) is 2.38. The fraction of sp³-hybridized carbons (Fsp3) is 0.0588. The normalized spacial score (nSPS) is 11.8. The van der Waals surface area contributed by atoms with E-state index in [1.165, 1.54) is 0 Å². The minimum atomic E-state index is -0.121. The lowest BCUT2D eigenvalue weighted by atomic mass is 10.1. The maximum Gasteiger partial charge on any atom is 0.153 e. The number of methoxy groups -OCH3 is 1. The number of hydrogen-bond acceptors (Lipinski definition) is 4. The van der Waals surface area contributed by atoms with Crippen LogP contribution in [-0.2, 0) is 0 Å². The first kappa shape index (κ1) is 13.7. The van der Waals surface area contributed by atoms with Gasteiger partial charge in [0.15, 0.2) is 5.82 Å². The van der Waals surface area contributed by atoms with Crippen molar-refractivity contribution in [3.05, 3.63) is 59.9 Å². The summed E-state index contributed by atoms with van der Waals surface area (Å²) in [5.41, 5.74) is 2.18. The Bertz CT molecular complexity index is 853. The van der Waals surface area contributed by atoms with E-state index in [9.17, 15) is 10.4 Å². The van der Waals surface area contributed by atoms with E-state index < -0.39 is 0 Å². The van der Waals surface area contributed by atoms with Gasteiger partial charge in [-0.05, 0) is 36.4 Å². The zero-order chi connectivity index (χ0) is 15.5. The Morgan fingerprint density at radius 2 is 1.91 bits per heavy atom. The summed E-state index contributed by atoms with van der Waals surface area (Å²) in [5.74, 6) is 0.903. The molecule has 0 saturated carbocycles. The number of H-pyrrole nitrogens is 1. The molecule has 0 amide bonds. The van der Waals surface area contributed by atoms with Gasteiger partial charge in [-0.25, -0.2) is 4.98 Å². The van der Waals surface area contributed by atoms with Gasteiger partial charge in [-0.15, -0.1) is 0 Å². The first-order valence-corrected chi connectivity index (χ1v) is 6.66. The van der Waals surface area contributed by atoms with Crippen molar-refractivity contribution in [3.63, 3.8) is 0 Å². The molecule has 0 aliphatic carbocycles. The van der Waals surface area contributed by atoms with Crippen molar-refractivity contribution in [1.29, 1.82) is 5.26 Å². The van der Waals surface area contributed by atoms with Crippen molar-refractivity contribution in [2.24, 2.45) is 0 Å². The number of aromatic nitrogens is 2. The number of hydrogen-bond donors (Lipinski definition) is 2. The maximum absolute atomic E-state index is 10.4. The molecule has 0 aliphatic heterocycles. The van der Waals surface area contributed by atoms with E-state index in [-0.39, 0.29) is 11.3 Å². The lowest BCUT2D eigenvalue weighted by Crippen LogP contribution is -1.92. The Morgan fingerprint density at radius 1 is 1.18 bits per heavy atom. The minimum Gasteiger partial charge on any atom is -0.506 e. The highest BCUT2D eigenvalue weighted by atomic mass is 16.5. The lowest BCUT2D eigenvalue weighted by molar-refractivity contribution is 0.414. The largest absolute Gasteiger partial charge is 0.506 e. The molecule has 0 aliphatic rings. The second-order valence-corrected chi connectivity index (χ2v) is 4.67. The monoisotopic (exact) mass is 291 g/mol. The van der Waals surface area contributed by atoms with Crippen molar-refractivity contribution in [2.45, 2.75) is 0 Å². The van der Waals surface area contributed by atoms with Gasteiger partial charge >= 0.3 is 0 Å². The van der Waals surface area contributed by atoms with Crippen molar-refractivity contribution >= 4 is 22.4 Å². The van der Waals surface area contributed by atoms with Crippen LogP contribution < -0.4 is 4.74 Å². The Hall–Kier alpha value is -3.26. The third-order valence-electron chi connectivity index (χ3n) is 3.34. The van der Waals surface area contributed by atoms with E-state index in [1.807, 2.05) is 30.3 Å². The maximum atomic E-state index is 10.4. The van der Waals surface area contributed by atoms with E-state index >= 15 is 0 Å². The van der Waals surface area contributed by atoms with Gasteiger partial charge in [-0.1, -0.05) is 12.1 Å². The number of aliphatic hydroxyl groups excluding tert-OH is 1. The van der Waals surface area contributed by atoms with Crippen LogP contribution in [0.5, 0.6) is 5.75 Å². The van der Waals surface area contributed by atoms with Crippen molar-refractivity contribution in [2.75, 3.05) is 7.11 Å². The van der Waals surface area contributed by atoms with Gasteiger partial charge in [0.05, 0.1) is 18.1 Å². The summed E-state index contributed by atoms with van der Waals surface area (Å²) in [5, 5.41) is 19.8. The smallest absolute Gasteiger partial charge is 0.153 e. The number of rotatable bonds is 3. The molecule has 1 aromatic heterocycles. The fourth-order valence-corrected chi connectivity index (χ4v) is 2.18. The number of fused-ring (bicyclic) bond motifs is 1. The summed E-state index contributed by atoms with van der Waals surface area (Å²) in [7, 11) is 1.57. The average Bonchev–Trinajstić information content (AvgIpc) is 2.99. The number of imidazole rings is 1. The summed E-state index contributed by atoms with van der Waals surface area (Å²) in [6.45, 7) is 0. The molecule has 3 aromatic rings. The predicted octanol–water partition coefficient (Wildman–Crippen LogP) is 3.52. The van der Waals surface area contributed by atoms with Crippen LogP contribution in [0, 0.1) is 11.3 Å². The molecule has 22 heavy (non-hydrogen) atoms. The van der Waals surface area contributed by atoms with Gasteiger partial charge in [-0.3, -0.25) is 0 Å². The molecular weight excluding hydrogens is 278 g/mol. The van der Waals surface area contributed by atoms with Gasteiger partial charge in [0, 0.05) is 5.56 Å². The van der Waals surface area contributed by atoms with Gasteiger partial charge in [0.2, 0.25) is 0 Å². The van der Waals surface area contributed by atoms with Crippen molar-refractivity contribution in [1.82, 2.24) is 9.97 Å². The Labute approximate surface area is 127 Å². The highest BCUT2D eigenvalue weighted by molar-refractivity contribution is 5.94. The highest BCUT2D eigenvalue weighted by Gasteiger charge is 2.14. The summed E-state index contributed by atoms with van der Waals surface area (Å²) in [6.07, 6.45) is 0. The third-order valence-corrected chi connectivity index (χ3v) is 3.34. The molecule has 0 atom stereocenters. The van der Waals surface area contributed by atoms with Crippen LogP contribution in [-0.4, -0.2) is 22.2 Å². The zero-order valence-electron chi connectivity index (χ0n) is 11.9. The number of allylic oxidation sites excluding steroid dienone is 1. The molecule has 2 N–H and O–H groups in total. The molecule has 0 unspecified atom stereocenters. The molecule has 0 spiro atoms. The van der Waals surface area contributed by atoms with Gasteiger partial charge in [0.25, 0.3) is 0 Å². The molecule has 0 saturated heterocycles. The van der Waals surface area contributed by atoms with Crippen LogP contribution in [0.25, 0.3) is 22.4 Å². The van der Waals surface area contributed by atoms with E-state index in [1.54, 1.807) is 31.4 Å². The van der Waals surface area contributed by atoms with Crippen LogP contribution in [0.15, 0.2) is 48.5 Å². The number of para-hydroxylation sites is 2. The Kier molecular flexibility index (Phi) is 3.50. The standard InChI is InChI=1S/C17H13N3O2/c1-22-12-8-6-11(7-9-12)16(21)13(10-18)17-19-14-4-2-3-5-15(14)20-17/h2-9,21H,1H3,(H,19,20). The van der Waals surface area contributed by atoms with Crippen molar-refractivity contribution < 1.29 is 9.84 Å². The Balaban J connectivity index is 2.09. The summed E-state index contributed by atoms with van der Waals surface area (Å²) >= 11 is 0. The molecule has 1 heterocycles.